The number of hydrogen-bond acceptors (Lipinski definition) is 4. The summed E-state index contributed by atoms with van der Waals surface area (Å²) in [6.07, 6.45) is 1.09. The Bertz CT molecular complexity index is 927. The lowest BCUT2D eigenvalue weighted by atomic mass is 9.72. The molecule has 0 saturated carbocycles. The van der Waals surface area contributed by atoms with Crippen molar-refractivity contribution in [3.8, 4) is 23.7 Å². The minimum atomic E-state index is -1.24. The van der Waals surface area contributed by atoms with Gasteiger partial charge in [0.05, 0.1) is 0 Å². The SMILES string of the molecule is CC1(C)CC(O)(C#Cc2ccc(C#CC3(O)CC(C)(C)N([O])C(C)(C)C3)cc2)CC(C)(C)N1[O]. The lowest BCUT2D eigenvalue weighted by molar-refractivity contribution is -0.305. The Morgan fingerprint density at radius 1 is 0.588 bits per heavy atom. The second kappa shape index (κ2) is 8.35. The molecule has 2 aliphatic heterocycles. The molecule has 6 heteroatoms. The zero-order valence-corrected chi connectivity index (χ0v) is 21.7. The second-order valence-electron chi connectivity index (χ2n) is 12.7. The quantitative estimate of drug-likeness (QED) is 0.569. The summed E-state index contributed by atoms with van der Waals surface area (Å²) in [5.74, 6) is 12.1. The lowest BCUT2D eigenvalue weighted by Gasteiger charge is -2.51. The zero-order valence-electron chi connectivity index (χ0n) is 21.7. The second-order valence-corrected chi connectivity index (χ2v) is 12.7. The summed E-state index contributed by atoms with van der Waals surface area (Å²) >= 11 is 0. The zero-order chi connectivity index (χ0) is 25.8. The average Bonchev–Trinajstić information content (AvgIpc) is 2.67. The molecule has 2 fully saturated rings. The van der Waals surface area contributed by atoms with E-state index in [1.165, 1.54) is 0 Å². The van der Waals surface area contributed by atoms with E-state index in [0.717, 1.165) is 21.3 Å². The molecule has 2 saturated heterocycles. The molecule has 0 aromatic heterocycles. The van der Waals surface area contributed by atoms with Crippen molar-refractivity contribution in [2.45, 2.75) is 114 Å². The van der Waals surface area contributed by atoms with Gasteiger partial charge in [0.1, 0.15) is 11.2 Å². The van der Waals surface area contributed by atoms with Crippen molar-refractivity contribution in [3.63, 3.8) is 0 Å². The van der Waals surface area contributed by atoms with Gasteiger partial charge in [-0.1, -0.05) is 23.7 Å². The number of aliphatic hydroxyl groups is 2. The first-order chi connectivity index (χ1) is 15.3. The van der Waals surface area contributed by atoms with Crippen LogP contribution in [-0.2, 0) is 10.4 Å². The molecular weight excluding hydrogens is 428 g/mol. The van der Waals surface area contributed by atoms with Crippen LogP contribution in [0.25, 0.3) is 0 Å². The average molecular weight is 467 g/mol. The van der Waals surface area contributed by atoms with E-state index in [-0.39, 0.29) is 25.7 Å². The molecule has 0 aliphatic carbocycles. The van der Waals surface area contributed by atoms with E-state index >= 15 is 0 Å². The summed E-state index contributed by atoms with van der Waals surface area (Å²) in [5, 5.41) is 49.5. The molecule has 0 bridgehead atoms. The van der Waals surface area contributed by atoms with E-state index in [0.29, 0.717) is 0 Å². The van der Waals surface area contributed by atoms with Crippen LogP contribution in [0.4, 0.5) is 0 Å². The first-order valence-corrected chi connectivity index (χ1v) is 11.9. The minimum absolute atomic E-state index is 0.273. The predicted octanol–water partition coefficient (Wildman–Crippen LogP) is 3.85. The third kappa shape index (κ3) is 5.50. The summed E-state index contributed by atoms with van der Waals surface area (Å²) in [6, 6.07) is 7.32. The maximum Gasteiger partial charge on any atom is 0.129 e. The maximum atomic E-state index is 12.6. The highest BCUT2D eigenvalue weighted by molar-refractivity contribution is 5.44. The third-order valence-corrected chi connectivity index (χ3v) is 6.86. The molecule has 0 atom stereocenters. The van der Waals surface area contributed by atoms with Crippen LogP contribution in [-0.4, -0.2) is 53.7 Å². The van der Waals surface area contributed by atoms with Crippen LogP contribution in [0.3, 0.4) is 0 Å². The van der Waals surface area contributed by atoms with Gasteiger partial charge in [-0.15, -0.1) is 20.5 Å². The highest BCUT2D eigenvalue weighted by atomic mass is 16.5. The van der Waals surface area contributed by atoms with Crippen molar-refractivity contribution in [3.05, 3.63) is 35.4 Å². The molecule has 3 rings (SSSR count). The van der Waals surface area contributed by atoms with Gasteiger partial charge >= 0.3 is 0 Å². The molecule has 0 amide bonds. The summed E-state index contributed by atoms with van der Waals surface area (Å²) in [7, 11) is 0. The number of hydroxylamine groups is 4. The maximum absolute atomic E-state index is 12.6. The molecule has 2 N–H and O–H groups in total. The van der Waals surface area contributed by atoms with Gasteiger partial charge in [0.15, 0.2) is 0 Å². The smallest absolute Gasteiger partial charge is 0.129 e. The van der Waals surface area contributed by atoms with Gasteiger partial charge in [-0.25, -0.2) is 0 Å². The van der Waals surface area contributed by atoms with Gasteiger partial charge in [0.2, 0.25) is 0 Å². The summed E-state index contributed by atoms with van der Waals surface area (Å²) in [5.41, 5.74) is -3.87. The van der Waals surface area contributed by atoms with Crippen LogP contribution < -0.4 is 0 Å². The van der Waals surface area contributed by atoms with Crippen LogP contribution >= 0.6 is 0 Å². The Balaban J connectivity index is 1.77. The van der Waals surface area contributed by atoms with E-state index in [1.807, 2.05) is 79.7 Å². The van der Waals surface area contributed by atoms with Crippen molar-refractivity contribution in [2.75, 3.05) is 0 Å². The van der Waals surface area contributed by atoms with Crippen molar-refractivity contribution in [1.82, 2.24) is 10.1 Å². The van der Waals surface area contributed by atoms with E-state index in [2.05, 4.69) is 23.7 Å². The van der Waals surface area contributed by atoms with Crippen molar-refractivity contribution in [1.29, 1.82) is 0 Å². The lowest BCUT2D eigenvalue weighted by Crippen LogP contribution is -2.63. The third-order valence-electron chi connectivity index (χ3n) is 6.86. The summed E-state index contributed by atoms with van der Waals surface area (Å²) in [4.78, 5) is 0. The highest BCUT2D eigenvalue weighted by Crippen LogP contribution is 2.43. The van der Waals surface area contributed by atoms with Gasteiger partial charge in [0.25, 0.3) is 0 Å². The molecule has 2 aliphatic rings. The van der Waals surface area contributed by atoms with Crippen LogP contribution in [0.2, 0.25) is 0 Å². The molecule has 0 spiro atoms. The minimum Gasteiger partial charge on any atom is -0.377 e. The van der Waals surface area contributed by atoms with E-state index in [4.69, 9.17) is 0 Å². The van der Waals surface area contributed by atoms with Gasteiger partial charge in [0, 0.05) is 59.0 Å². The van der Waals surface area contributed by atoms with Crippen LogP contribution in [0.1, 0.15) is 92.2 Å². The standard InChI is InChI=1S/C28H38N2O4/c1-23(2)17-27(31,18-24(3,4)29(23)33)15-13-21-9-11-22(12-10-21)14-16-28(32)19-25(5,6)30(34)26(7,8)20-28/h9-12,31-32H,17-20H2,1-8H3. The fourth-order valence-electron chi connectivity index (χ4n) is 6.10. The Morgan fingerprint density at radius 2 is 0.824 bits per heavy atom. The normalized spacial score (nSPS) is 26.5. The molecular formula is C28H38N2O4. The first-order valence-electron chi connectivity index (χ1n) is 11.9. The van der Waals surface area contributed by atoms with Crippen molar-refractivity contribution in [2.24, 2.45) is 0 Å². The Morgan fingerprint density at radius 3 is 1.06 bits per heavy atom. The number of rotatable bonds is 0. The van der Waals surface area contributed by atoms with Crippen molar-refractivity contribution < 1.29 is 20.6 Å². The van der Waals surface area contributed by atoms with E-state index in [1.54, 1.807) is 0 Å². The molecule has 184 valence electrons. The topological polar surface area (TPSA) is 86.7 Å². The highest BCUT2D eigenvalue weighted by Gasteiger charge is 2.53. The van der Waals surface area contributed by atoms with Crippen molar-refractivity contribution >= 4 is 0 Å². The summed E-state index contributed by atoms with van der Waals surface area (Å²) in [6.45, 7) is 14.7. The monoisotopic (exact) mass is 466 g/mol. The van der Waals surface area contributed by atoms with Crippen LogP contribution in [0.15, 0.2) is 24.3 Å². The fraction of sp³-hybridized carbons (Fsp3) is 0.643. The number of hydrogen-bond donors (Lipinski definition) is 2. The Kier molecular flexibility index (Phi) is 6.56. The number of piperidine rings is 2. The molecule has 0 unspecified atom stereocenters. The van der Waals surface area contributed by atoms with Crippen LogP contribution in [0.5, 0.6) is 0 Å². The Labute approximate surface area is 204 Å². The van der Waals surface area contributed by atoms with Crippen LogP contribution in [0, 0.1) is 23.7 Å². The van der Waals surface area contributed by atoms with Gasteiger partial charge in [-0.3, -0.25) is 0 Å². The molecule has 1 aromatic carbocycles. The number of nitrogens with zero attached hydrogens (tertiary/aromatic N) is 2. The molecule has 34 heavy (non-hydrogen) atoms. The molecule has 1 aromatic rings. The first kappa shape index (κ1) is 26.7. The summed E-state index contributed by atoms with van der Waals surface area (Å²) < 4.78 is 0. The van der Waals surface area contributed by atoms with Gasteiger partial charge in [-0.05, 0) is 79.7 Å². The molecule has 6 nitrogen and oxygen atoms in total. The molecule has 2 radical (unpaired) electrons. The predicted molar refractivity (Wildman–Crippen MR) is 130 cm³/mol. The largest absolute Gasteiger partial charge is 0.377 e. The molecule has 2 heterocycles. The van der Waals surface area contributed by atoms with E-state index < -0.39 is 33.4 Å². The van der Waals surface area contributed by atoms with Gasteiger partial charge in [-0.2, -0.15) is 0 Å². The number of benzene rings is 1. The Hall–Kier alpha value is -1.90. The van der Waals surface area contributed by atoms with Gasteiger partial charge < -0.3 is 10.2 Å². The van der Waals surface area contributed by atoms with E-state index in [9.17, 15) is 20.6 Å². The fourth-order valence-corrected chi connectivity index (χ4v) is 6.10.